The van der Waals surface area contributed by atoms with E-state index in [-0.39, 0.29) is 29.8 Å². The molecular weight excluding hydrogens is 408 g/mol. The first-order valence-electron chi connectivity index (χ1n) is 9.54. The lowest BCUT2D eigenvalue weighted by Gasteiger charge is -2.18. The van der Waals surface area contributed by atoms with Crippen LogP contribution >= 0.6 is 0 Å². The van der Waals surface area contributed by atoms with Crippen LogP contribution in [0, 0.1) is 0 Å². The quantitative estimate of drug-likeness (QED) is 0.561. The standard InChI is InChI=1S/C21H28N2O6S/c1-5-29-16-6-9-18(10-7-16)30(25,26)22-13-12-21(24)23-15(2)19-14-17(27-3)8-11-20(19)28-4/h6-11,14-15,22H,5,12-13H2,1-4H3,(H,23,24). The first kappa shape index (κ1) is 23.5. The van der Waals surface area contributed by atoms with Gasteiger partial charge in [-0.05, 0) is 56.3 Å². The second-order valence-electron chi connectivity index (χ2n) is 6.45. The lowest BCUT2D eigenvalue weighted by molar-refractivity contribution is -0.121. The van der Waals surface area contributed by atoms with Crippen LogP contribution in [0.2, 0.25) is 0 Å². The molecule has 2 rings (SSSR count). The van der Waals surface area contributed by atoms with Gasteiger partial charge >= 0.3 is 0 Å². The lowest BCUT2D eigenvalue weighted by Crippen LogP contribution is -2.32. The fourth-order valence-electron chi connectivity index (χ4n) is 2.83. The number of nitrogens with one attached hydrogen (secondary N) is 2. The van der Waals surface area contributed by atoms with E-state index in [1.165, 1.54) is 12.1 Å². The first-order valence-corrected chi connectivity index (χ1v) is 11.0. The second-order valence-corrected chi connectivity index (χ2v) is 8.22. The molecule has 0 radical (unpaired) electrons. The number of hydrogen-bond acceptors (Lipinski definition) is 6. The Balaban J connectivity index is 1.91. The number of hydrogen-bond donors (Lipinski definition) is 2. The highest BCUT2D eigenvalue weighted by molar-refractivity contribution is 7.89. The minimum absolute atomic E-state index is 0.00706. The molecule has 0 aliphatic carbocycles. The van der Waals surface area contributed by atoms with Crippen LogP contribution in [0.4, 0.5) is 0 Å². The SMILES string of the molecule is CCOc1ccc(S(=O)(=O)NCCC(=O)NC(C)c2cc(OC)ccc2OC)cc1. The zero-order valence-electron chi connectivity index (χ0n) is 17.6. The largest absolute Gasteiger partial charge is 0.497 e. The summed E-state index contributed by atoms with van der Waals surface area (Å²) in [7, 11) is -0.598. The Labute approximate surface area is 177 Å². The number of sulfonamides is 1. The third kappa shape index (κ3) is 6.36. The number of amides is 1. The molecule has 30 heavy (non-hydrogen) atoms. The predicted molar refractivity (Wildman–Crippen MR) is 114 cm³/mol. The summed E-state index contributed by atoms with van der Waals surface area (Å²) in [6.07, 6.45) is -0.00706. The average molecular weight is 437 g/mol. The molecular formula is C21H28N2O6S. The number of benzene rings is 2. The molecule has 0 saturated heterocycles. The third-order valence-corrected chi connectivity index (χ3v) is 5.85. The van der Waals surface area contributed by atoms with E-state index in [0.29, 0.717) is 23.9 Å². The van der Waals surface area contributed by atoms with E-state index in [4.69, 9.17) is 14.2 Å². The second kappa shape index (κ2) is 10.8. The average Bonchev–Trinajstić information content (AvgIpc) is 2.73. The van der Waals surface area contributed by atoms with Crippen molar-refractivity contribution in [2.75, 3.05) is 27.4 Å². The highest BCUT2D eigenvalue weighted by atomic mass is 32.2. The van der Waals surface area contributed by atoms with Crippen LogP contribution in [0.1, 0.15) is 31.9 Å². The zero-order chi connectivity index (χ0) is 22.1. The van der Waals surface area contributed by atoms with Crippen molar-refractivity contribution in [3.63, 3.8) is 0 Å². The highest BCUT2D eigenvalue weighted by Gasteiger charge is 2.17. The van der Waals surface area contributed by atoms with E-state index < -0.39 is 10.0 Å². The van der Waals surface area contributed by atoms with Crippen LogP contribution in [-0.4, -0.2) is 41.7 Å². The van der Waals surface area contributed by atoms with Crippen LogP contribution in [0.25, 0.3) is 0 Å². The van der Waals surface area contributed by atoms with Gasteiger partial charge in [0.2, 0.25) is 15.9 Å². The molecule has 1 atom stereocenters. The van der Waals surface area contributed by atoms with Gasteiger partial charge in [-0.15, -0.1) is 0 Å². The number of rotatable bonds is 11. The number of ether oxygens (including phenoxy) is 3. The lowest BCUT2D eigenvalue weighted by atomic mass is 10.1. The van der Waals surface area contributed by atoms with Crippen molar-refractivity contribution in [3.05, 3.63) is 48.0 Å². The molecule has 0 spiro atoms. The maximum atomic E-state index is 12.4. The molecule has 0 aromatic heterocycles. The Morgan fingerprint density at radius 2 is 1.70 bits per heavy atom. The molecule has 0 bridgehead atoms. The molecule has 2 aromatic carbocycles. The predicted octanol–water partition coefficient (Wildman–Crippen LogP) is 2.65. The van der Waals surface area contributed by atoms with E-state index in [0.717, 1.165) is 5.56 Å². The molecule has 8 nitrogen and oxygen atoms in total. The van der Waals surface area contributed by atoms with Gasteiger partial charge in [-0.1, -0.05) is 0 Å². The molecule has 0 aliphatic heterocycles. The highest BCUT2D eigenvalue weighted by Crippen LogP contribution is 2.29. The molecule has 1 unspecified atom stereocenters. The van der Waals surface area contributed by atoms with Gasteiger partial charge < -0.3 is 19.5 Å². The van der Waals surface area contributed by atoms with Crippen LogP contribution in [0.3, 0.4) is 0 Å². The summed E-state index contributed by atoms with van der Waals surface area (Å²) in [6.45, 7) is 4.14. The van der Waals surface area contributed by atoms with Crippen molar-refractivity contribution in [3.8, 4) is 17.2 Å². The number of methoxy groups -OCH3 is 2. The van der Waals surface area contributed by atoms with Gasteiger partial charge in [-0.2, -0.15) is 0 Å². The molecule has 2 aromatic rings. The van der Waals surface area contributed by atoms with Gasteiger partial charge in [-0.3, -0.25) is 4.79 Å². The summed E-state index contributed by atoms with van der Waals surface area (Å²) in [4.78, 5) is 12.4. The molecule has 0 aliphatic rings. The molecule has 0 saturated carbocycles. The molecule has 0 heterocycles. The molecule has 2 N–H and O–H groups in total. The smallest absolute Gasteiger partial charge is 0.240 e. The van der Waals surface area contributed by atoms with Crippen LogP contribution in [-0.2, 0) is 14.8 Å². The van der Waals surface area contributed by atoms with Crippen molar-refractivity contribution < 1.29 is 27.4 Å². The number of carbonyl (C=O) groups excluding carboxylic acids is 1. The van der Waals surface area contributed by atoms with Gasteiger partial charge in [0, 0.05) is 18.5 Å². The van der Waals surface area contributed by atoms with Crippen molar-refractivity contribution in [2.24, 2.45) is 0 Å². The molecule has 9 heteroatoms. The van der Waals surface area contributed by atoms with Gasteiger partial charge in [0.25, 0.3) is 0 Å². The van der Waals surface area contributed by atoms with E-state index >= 15 is 0 Å². The monoisotopic (exact) mass is 436 g/mol. The normalized spacial score (nSPS) is 12.1. The van der Waals surface area contributed by atoms with Crippen molar-refractivity contribution >= 4 is 15.9 Å². The summed E-state index contributed by atoms with van der Waals surface area (Å²) in [5.41, 5.74) is 0.764. The summed E-state index contributed by atoms with van der Waals surface area (Å²) in [6, 6.07) is 11.1. The summed E-state index contributed by atoms with van der Waals surface area (Å²) in [5.74, 6) is 1.58. The van der Waals surface area contributed by atoms with E-state index in [1.807, 2.05) is 13.8 Å². The van der Waals surface area contributed by atoms with E-state index in [1.54, 1.807) is 44.6 Å². The Morgan fingerprint density at radius 1 is 1.03 bits per heavy atom. The Morgan fingerprint density at radius 3 is 2.30 bits per heavy atom. The zero-order valence-corrected chi connectivity index (χ0v) is 18.4. The minimum Gasteiger partial charge on any atom is -0.497 e. The maximum Gasteiger partial charge on any atom is 0.240 e. The topological polar surface area (TPSA) is 103 Å². The third-order valence-electron chi connectivity index (χ3n) is 4.37. The summed E-state index contributed by atoms with van der Waals surface area (Å²) >= 11 is 0. The number of carbonyl (C=O) groups is 1. The first-order chi connectivity index (χ1) is 14.3. The maximum absolute atomic E-state index is 12.4. The van der Waals surface area contributed by atoms with Crippen molar-refractivity contribution in [1.82, 2.24) is 10.0 Å². The van der Waals surface area contributed by atoms with Crippen LogP contribution in [0.5, 0.6) is 17.2 Å². The van der Waals surface area contributed by atoms with Gasteiger partial charge in [-0.25, -0.2) is 13.1 Å². The van der Waals surface area contributed by atoms with Gasteiger partial charge in [0.1, 0.15) is 17.2 Å². The van der Waals surface area contributed by atoms with Crippen LogP contribution in [0.15, 0.2) is 47.4 Å². The Hall–Kier alpha value is -2.78. The fraction of sp³-hybridized carbons (Fsp3) is 0.381. The van der Waals surface area contributed by atoms with Crippen molar-refractivity contribution in [1.29, 1.82) is 0 Å². The molecule has 1 amide bonds. The Kier molecular flexibility index (Phi) is 8.49. The molecule has 164 valence electrons. The van der Waals surface area contributed by atoms with Gasteiger partial charge in [0.15, 0.2) is 0 Å². The van der Waals surface area contributed by atoms with Crippen molar-refractivity contribution in [2.45, 2.75) is 31.2 Å². The molecule has 0 fully saturated rings. The van der Waals surface area contributed by atoms with E-state index in [2.05, 4.69) is 10.0 Å². The van der Waals surface area contributed by atoms with E-state index in [9.17, 15) is 13.2 Å². The van der Waals surface area contributed by atoms with Gasteiger partial charge in [0.05, 0.1) is 31.8 Å². The Bertz CT molecular complexity index is 944. The summed E-state index contributed by atoms with van der Waals surface area (Å²) in [5, 5.41) is 2.84. The summed E-state index contributed by atoms with van der Waals surface area (Å²) < 4.78 is 43.0. The van der Waals surface area contributed by atoms with Crippen LogP contribution < -0.4 is 24.2 Å². The minimum atomic E-state index is -3.71. The fourth-order valence-corrected chi connectivity index (χ4v) is 3.86.